The van der Waals surface area contributed by atoms with E-state index in [-0.39, 0.29) is 18.7 Å². The summed E-state index contributed by atoms with van der Waals surface area (Å²) < 4.78 is 0. The van der Waals surface area contributed by atoms with Crippen molar-refractivity contribution < 1.29 is 14.4 Å². The second-order valence-electron chi connectivity index (χ2n) is 9.86. The van der Waals surface area contributed by atoms with Gasteiger partial charge in [0.1, 0.15) is 5.57 Å². The highest BCUT2D eigenvalue weighted by Crippen LogP contribution is 2.35. The van der Waals surface area contributed by atoms with Crippen LogP contribution in [0.5, 0.6) is 0 Å². The Bertz CT molecular complexity index is 1300. The van der Waals surface area contributed by atoms with Crippen LogP contribution in [0.1, 0.15) is 37.8 Å². The molecule has 0 bridgehead atoms. The lowest BCUT2D eigenvalue weighted by Crippen LogP contribution is -2.56. The Hall–Kier alpha value is -4.13. The van der Waals surface area contributed by atoms with E-state index in [1.807, 2.05) is 50.5 Å². The quantitative estimate of drug-likeness (QED) is 0.426. The van der Waals surface area contributed by atoms with Gasteiger partial charge >= 0.3 is 6.03 Å². The number of nitrogens with zero attached hydrogens (tertiary/aromatic N) is 4. The minimum absolute atomic E-state index is 0.0489. The molecule has 196 valence electrons. The van der Waals surface area contributed by atoms with Gasteiger partial charge in [0, 0.05) is 50.0 Å². The maximum Gasteiger partial charge on any atom is 0.333 e. The number of amides is 4. The summed E-state index contributed by atoms with van der Waals surface area (Å²) in [6.45, 7) is 3.91. The van der Waals surface area contributed by atoms with Gasteiger partial charge < -0.3 is 9.80 Å². The molecule has 1 fully saturated rings. The summed E-state index contributed by atoms with van der Waals surface area (Å²) in [7, 11) is 4.04. The standard InChI is InChI=1S/C31H34N4O3/c1-5-34-29(36)28(30(37)35(6-2)31(34)38)23(19-24-17-15-21-11-7-9-13-26(21)32(24)3)20-25-18-16-22-12-8-10-14-27(22)33(25)4/h7-14,19-20H,5-6,15-18H2,1-4H3. The van der Waals surface area contributed by atoms with Gasteiger partial charge in [0.15, 0.2) is 0 Å². The molecule has 0 radical (unpaired) electrons. The number of imide groups is 2. The first-order chi connectivity index (χ1) is 18.3. The van der Waals surface area contributed by atoms with Gasteiger partial charge in [0.05, 0.1) is 0 Å². The minimum atomic E-state index is -0.555. The van der Waals surface area contributed by atoms with Crippen LogP contribution >= 0.6 is 0 Å². The molecule has 0 aliphatic carbocycles. The number of aryl methyl sites for hydroxylation is 2. The van der Waals surface area contributed by atoms with E-state index in [1.165, 1.54) is 11.1 Å². The van der Waals surface area contributed by atoms with Crippen molar-refractivity contribution >= 4 is 29.2 Å². The molecule has 5 rings (SSSR count). The number of benzene rings is 2. The molecule has 1 saturated heterocycles. The predicted octanol–water partition coefficient (Wildman–Crippen LogP) is 5.05. The van der Waals surface area contributed by atoms with Crippen molar-refractivity contribution in [1.29, 1.82) is 0 Å². The fourth-order valence-electron chi connectivity index (χ4n) is 5.64. The van der Waals surface area contributed by atoms with Crippen LogP contribution in [0, 0.1) is 0 Å². The third kappa shape index (κ3) is 4.32. The lowest BCUT2D eigenvalue weighted by atomic mass is 9.94. The molecule has 0 saturated carbocycles. The second kappa shape index (κ2) is 10.3. The number of rotatable bonds is 4. The van der Waals surface area contributed by atoms with Crippen LogP contribution in [0.2, 0.25) is 0 Å². The molecule has 3 heterocycles. The Morgan fingerprint density at radius 3 is 1.53 bits per heavy atom. The van der Waals surface area contributed by atoms with Crippen molar-refractivity contribution in [2.45, 2.75) is 39.5 Å². The Morgan fingerprint density at radius 1 is 0.684 bits per heavy atom. The molecule has 0 spiro atoms. The Balaban J connectivity index is 1.68. The van der Waals surface area contributed by atoms with Crippen LogP contribution in [-0.4, -0.2) is 54.8 Å². The van der Waals surface area contributed by atoms with Gasteiger partial charge in [-0.3, -0.25) is 19.4 Å². The molecule has 4 amide bonds. The lowest BCUT2D eigenvalue weighted by molar-refractivity contribution is -0.135. The summed E-state index contributed by atoms with van der Waals surface area (Å²) in [4.78, 5) is 46.7. The van der Waals surface area contributed by atoms with Gasteiger partial charge in [-0.05, 0) is 80.5 Å². The number of para-hydroxylation sites is 2. The molecule has 38 heavy (non-hydrogen) atoms. The Kier molecular flexibility index (Phi) is 6.93. The normalized spacial score (nSPS) is 19.9. The molecular weight excluding hydrogens is 476 g/mol. The zero-order valence-corrected chi connectivity index (χ0v) is 22.5. The summed E-state index contributed by atoms with van der Waals surface area (Å²) in [5.41, 5.74) is 7.41. The van der Waals surface area contributed by atoms with E-state index in [0.29, 0.717) is 5.57 Å². The summed E-state index contributed by atoms with van der Waals surface area (Å²) in [6, 6.07) is 16.0. The third-order valence-electron chi connectivity index (χ3n) is 7.81. The van der Waals surface area contributed by atoms with Gasteiger partial charge in [-0.15, -0.1) is 0 Å². The number of likely N-dealkylation sites (N-methyl/N-ethyl adjacent to an activating group) is 2. The van der Waals surface area contributed by atoms with Crippen LogP contribution < -0.4 is 9.80 Å². The molecule has 7 nitrogen and oxygen atoms in total. The van der Waals surface area contributed by atoms with Crippen LogP contribution in [0.25, 0.3) is 0 Å². The SMILES string of the molecule is CCN1C(=O)C(=C(C=C2CCc3ccccc3N2C)C=C2CCc3ccccc3N2C)C(=O)N(CC)C1=O. The highest BCUT2D eigenvalue weighted by Gasteiger charge is 2.42. The first-order valence-corrected chi connectivity index (χ1v) is 13.3. The molecule has 0 unspecified atom stereocenters. The molecule has 3 aliphatic rings. The number of hydrogen-bond donors (Lipinski definition) is 0. The number of barbiturate groups is 1. The second-order valence-corrected chi connectivity index (χ2v) is 9.86. The topological polar surface area (TPSA) is 64.2 Å². The van der Waals surface area contributed by atoms with Crippen molar-refractivity contribution in [3.05, 3.63) is 94.4 Å². The van der Waals surface area contributed by atoms with Gasteiger partial charge in [0.2, 0.25) is 0 Å². The van der Waals surface area contributed by atoms with Crippen molar-refractivity contribution in [1.82, 2.24) is 9.80 Å². The van der Waals surface area contributed by atoms with E-state index >= 15 is 0 Å². The smallest absolute Gasteiger partial charge is 0.333 e. The molecule has 3 aliphatic heterocycles. The van der Waals surface area contributed by atoms with E-state index in [1.54, 1.807) is 13.8 Å². The summed E-state index contributed by atoms with van der Waals surface area (Å²) >= 11 is 0. The Morgan fingerprint density at radius 2 is 1.11 bits per heavy atom. The average molecular weight is 511 g/mol. The highest BCUT2D eigenvalue weighted by molar-refractivity contribution is 6.29. The van der Waals surface area contributed by atoms with Crippen molar-refractivity contribution in [2.24, 2.45) is 0 Å². The minimum Gasteiger partial charge on any atom is -0.348 e. The number of carbonyl (C=O) groups is 3. The number of anilines is 2. The highest BCUT2D eigenvalue weighted by atomic mass is 16.2. The van der Waals surface area contributed by atoms with Crippen LogP contribution in [0.4, 0.5) is 16.2 Å². The molecule has 0 aromatic heterocycles. The number of hydrogen-bond acceptors (Lipinski definition) is 5. The fourth-order valence-corrected chi connectivity index (χ4v) is 5.64. The third-order valence-corrected chi connectivity index (χ3v) is 7.81. The average Bonchev–Trinajstić information content (AvgIpc) is 2.92. The first-order valence-electron chi connectivity index (χ1n) is 13.3. The van der Waals surface area contributed by atoms with E-state index in [4.69, 9.17) is 0 Å². The summed E-state index contributed by atoms with van der Waals surface area (Å²) in [5, 5.41) is 0. The van der Waals surface area contributed by atoms with E-state index < -0.39 is 17.8 Å². The van der Waals surface area contributed by atoms with Crippen molar-refractivity contribution in [3.8, 4) is 0 Å². The van der Waals surface area contributed by atoms with Crippen molar-refractivity contribution in [3.63, 3.8) is 0 Å². The monoisotopic (exact) mass is 510 g/mol. The van der Waals surface area contributed by atoms with Crippen LogP contribution in [0.3, 0.4) is 0 Å². The maximum absolute atomic E-state index is 13.6. The molecule has 2 aromatic carbocycles. The van der Waals surface area contributed by atoms with Gasteiger partial charge in [0.25, 0.3) is 11.8 Å². The summed E-state index contributed by atoms with van der Waals surface area (Å²) in [5.74, 6) is -1.07. The zero-order valence-electron chi connectivity index (χ0n) is 22.5. The first kappa shape index (κ1) is 25.5. The van der Waals surface area contributed by atoms with Crippen LogP contribution in [0.15, 0.2) is 83.2 Å². The van der Waals surface area contributed by atoms with Gasteiger partial charge in [-0.1, -0.05) is 36.4 Å². The Labute approximate surface area is 224 Å². The number of allylic oxidation sites excluding steroid dienone is 5. The van der Waals surface area contributed by atoms with E-state index in [0.717, 1.165) is 58.3 Å². The zero-order chi connectivity index (χ0) is 27.0. The number of carbonyl (C=O) groups excluding carboxylic acids is 3. The lowest BCUT2D eigenvalue weighted by Gasteiger charge is -2.35. The largest absolute Gasteiger partial charge is 0.348 e. The molecular formula is C31H34N4O3. The summed E-state index contributed by atoms with van der Waals surface area (Å²) in [6.07, 6.45) is 7.26. The number of urea groups is 1. The van der Waals surface area contributed by atoms with E-state index in [2.05, 4.69) is 34.1 Å². The van der Waals surface area contributed by atoms with Crippen molar-refractivity contribution in [2.75, 3.05) is 37.0 Å². The molecule has 2 aromatic rings. The number of fused-ring (bicyclic) bond motifs is 2. The van der Waals surface area contributed by atoms with E-state index in [9.17, 15) is 14.4 Å². The van der Waals surface area contributed by atoms with Crippen LogP contribution in [-0.2, 0) is 22.4 Å². The molecule has 0 atom stereocenters. The van der Waals surface area contributed by atoms with Gasteiger partial charge in [-0.25, -0.2) is 4.79 Å². The fraction of sp³-hybridized carbons (Fsp3) is 0.323. The molecule has 0 N–H and O–H groups in total. The molecule has 7 heteroatoms. The predicted molar refractivity (Wildman–Crippen MR) is 150 cm³/mol. The maximum atomic E-state index is 13.6. The van der Waals surface area contributed by atoms with Gasteiger partial charge in [-0.2, -0.15) is 0 Å².